The van der Waals surface area contributed by atoms with Gasteiger partial charge in [-0.2, -0.15) is 5.10 Å². The zero-order chi connectivity index (χ0) is 17.2. The molecule has 0 saturated carbocycles. The number of hydrogen-bond acceptors (Lipinski definition) is 5. The third kappa shape index (κ3) is 2.13. The predicted octanol–water partition coefficient (Wildman–Crippen LogP) is 0.429. The number of aryl methyl sites for hydroxylation is 1. The molecule has 3 aliphatic rings. The molecule has 0 bridgehead atoms. The molecule has 2 N–H and O–H groups in total. The van der Waals surface area contributed by atoms with Gasteiger partial charge in [-0.15, -0.1) is 0 Å². The summed E-state index contributed by atoms with van der Waals surface area (Å²) in [7, 11) is 1.88. The first-order valence-electron chi connectivity index (χ1n) is 8.59. The number of fused-ring (bicyclic) bond motifs is 1. The molecule has 1 aromatic heterocycles. The number of imide groups is 1. The molecule has 25 heavy (non-hydrogen) atoms. The summed E-state index contributed by atoms with van der Waals surface area (Å²) in [6.07, 6.45) is 0.297. The Kier molecular flexibility index (Phi) is 2.91. The van der Waals surface area contributed by atoms with Crippen molar-refractivity contribution in [2.75, 3.05) is 42.5 Å². The number of anilines is 2. The van der Waals surface area contributed by atoms with Crippen LogP contribution >= 0.6 is 0 Å². The summed E-state index contributed by atoms with van der Waals surface area (Å²) in [5.74, 6) is 0.373. The summed E-state index contributed by atoms with van der Waals surface area (Å²) in [6, 6.07) is 5.86. The van der Waals surface area contributed by atoms with Crippen LogP contribution in [0.2, 0.25) is 0 Å². The van der Waals surface area contributed by atoms with Gasteiger partial charge in [-0.3, -0.25) is 19.7 Å². The predicted molar refractivity (Wildman–Crippen MR) is 93.7 cm³/mol. The highest BCUT2D eigenvalue weighted by Gasteiger charge is 2.47. The topological polar surface area (TPSA) is 82.5 Å². The molecule has 4 heterocycles. The Morgan fingerprint density at radius 2 is 2.00 bits per heavy atom. The zero-order valence-electron chi connectivity index (χ0n) is 14.1. The van der Waals surface area contributed by atoms with Gasteiger partial charge < -0.3 is 10.2 Å². The van der Waals surface area contributed by atoms with Gasteiger partial charge in [0.15, 0.2) is 5.82 Å². The third-order valence-corrected chi connectivity index (χ3v) is 5.54. The van der Waals surface area contributed by atoms with Crippen molar-refractivity contribution in [1.29, 1.82) is 0 Å². The van der Waals surface area contributed by atoms with E-state index in [0.717, 1.165) is 37.1 Å². The number of benzene rings is 1. The van der Waals surface area contributed by atoms with Crippen LogP contribution in [-0.2, 0) is 11.8 Å². The largest absolute Gasteiger partial charge is 0.370 e. The first kappa shape index (κ1) is 14.7. The molecule has 3 aliphatic heterocycles. The van der Waals surface area contributed by atoms with Gasteiger partial charge in [-0.05, 0) is 18.2 Å². The summed E-state index contributed by atoms with van der Waals surface area (Å²) < 4.78 is 1.80. The van der Waals surface area contributed by atoms with Crippen LogP contribution in [0.5, 0.6) is 0 Å². The van der Waals surface area contributed by atoms with E-state index in [1.54, 1.807) is 9.58 Å². The minimum Gasteiger partial charge on any atom is -0.370 e. The number of nitrogens with zero attached hydrogens (tertiary/aromatic N) is 4. The molecule has 3 saturated heterocycles. The molecule has 3 fully saturated rings. The van der Waals surface area contributed by atoms with Crippen molar-refractivity contribution in [3.8, 4) is 0 Å². The lowest BCUT2D eigenvalue weighted by molar-refractivity contribution is -0.120. The molecule has 130 valence electrons. The highest BCUT2D eigenvalue weighted by molar-refractivity contribution is 6.09. The minimum atomic E-state index is -0.400. The Morgan fingerprint density at radius 1 is 1.20 bits per heavy atom. The van der Waals surface area contributed by atoms with E-state index >= 15 is 0 Å². The van der Waals surface area contributed by atoms with Crippen LogP contribution in [0.3, 0.4) is 0 Å². The van der Waals surface area contributed by atoms with E-state index in [9.17, 15) is 9.59 Å². The lowest BCUT2D eigenvalue weighted by Crippen LogP contribution is -2.71. The van der Waals surface area contributed by atoms with Crippen molar-refractivity contribution < 1.29 is 9.59 Å². The Labute approximate surface area is 144 Å². The molecule has 2 aromatic rings. The number of carbonyl (C=O) groups is 2. The van der Waals surface area contributed by atoms with Crippen molar-refractivity contribution in [2.45, 2.75) is 6.42 Å². The molecule has 0 radical (unpaired) electrons. The van der Waals surface area contributed by atoms with E-state index in [4.69, 9.17) is 0 Å². The van der Waals surface area contributed by atoms with Crippen molar-refractivity contribution in [3.05, 3.63) is 18.2 Å². The monoisotopic (exact) mass is 340 g/mol. The summed E-state index contributed by atoms with van der Waals surface area (Å²) in [6.45, 7) is 4.77. The van der Waals surface area contributed by atoms with Gasteiger partial charge in [0, 0.05) is 62.7 Å². The Balaban J connectivity index is 1.46. The molecular formula is C17H20N6O2. The standard InChI is InChI=1S/C17H20N6O2/c1-21-13-6-11(22-9-17(10-22)7-18-8-17)2-3-12(13)15(20-21)23-5-4-14(24)19-16(23)25/h2-3,6,18H,4-5,7-10H2,1H3,(H,19,24,25). The van der Waals surface area contributed by atoms with Crippen LogP contribution in [0.4, 0.5) is 16.3 Å². The smallest absolute Gasteiger partial charge is 0.329 e. The summed E-state index contributed by atoms with van der Waals surface area (Å²) >= 11 is 0. The maximum atomic E-state index is 12.1. The normalized spacial score (nSPS) is 22.1. The molecular weight excluding hydrogens is 320 g/mol. The molecule has 0 unspecified atom stereocenters. The number of urea groups is 1. The van der Waals surface area contributed by atoms with Crippen LogP contribution in [-0.4, -0.2) is 54.4 Å². The highest BCUT2D eigenvalue weighted by atomic mass is 16.2. The van der Waals surface area contributed by atoms with Gasteiger partial charge in [0.1, 0.15) is 0 Å². The molecule has 1 spiro atoms. The van der Waals surface area contributed by atoms with Gasteiger partial charge in [-0.25, -0.2) is 4.79 Å². The highest BCUT2D eigenvalue weighted by Crippen LogP contribution is 2.39. The van der Waals surface area contributed by atoms with E-state index in [0.29, 0.717) is 24.2 Å². The summed E-state index contributed by atoms with van der Waals surface area (Å²) in [4.78, 5) is 27.4. The molecule has 0 atom stereocenters. The molecule has 1 aromatic carbocycles. The minimum absolute atomic E-state index is 0.235. The quantitative estimate of drug-likeness (QED) is 0.828. The molecule has 5 rings (SSSR count). The van der Waals surface area contributed by atoms with Crippen molar-refractivity contribution in [2.24, 2.45) is 12.5 Å². The molecule has 8 nitrogen and oxygen atoms in total. The van der Waals surface area contributed by atoms with E-state index in [1.807, 2.05) is 13.1 Å². The average Bonchev–Trinajstić information content (AvgIpc) is 2.81. The third-order valence-electron chi connectivity index (χ3n) is 5.54. The lowest BCUT2D eigenvalue weighted by atomic mass is 9.74. The Hall–Kier alpha value is -2.61. The summed E-state index contributed by atoms with van der Waals surface area (Å²) in [5.41, 5.74) is 2.66. The first-order chi connectivity index (χ1) is 12.0. The van der Waals surface area contributed by atoms with Crippen molar-refractivity contribution >= 4 is 34.3 Å². The van der Waals surface area contributed by atoms with Gasteiger partial charge in [0.2, 0.25) is 5.91 Å². The number of rotatable bonds is 2. The fourth-order valence-corrected chi connectivity index (χ4v) is 4.04. The molecule has 0 aliphatic carbocycles. The number of aromatic nitrogens is 2. The maximum Gasteiger partial charge on any atom is 0.329 e. The van der Waals surface area contributed by atoms with Gasteiger partial charge in [0.25, 0.3) is 0 Å². The number of amides is 3. The van der Waals surface area contributed by atoms with Crippen molar-refractivity contribution in [3.63, 3.8) is 0 Å². The van der Waals surface area contributed by atoms with E-state index in [1.165, 1.54) is 5.69 Å². The van der Waals surface area contributed by atoms with Gasteiger partial charge in [0.05, 0.1) is 5.52 Å². The summed E-state index contributed by atoms with van der Waals surface area (Å²) in [5, 5.41) is 11.2. The molecule has 8 heteroatoms. The first-order valence-corrected chi connectivity index (χ1v) is 8.59. The van der Waals surface area contributed by atoms with E-state index < -0.39 is 6.03 Å². The second kappa shape index (κ2) is 4.95. The Bertz CT molecular complexity index is 892. The van der Waals surface area contributed by atoms with Crippen LogP contribution in [0.1, 0.15) is 6.42 Å². The average molecular weight is 340 g/mol. The zero-order valence-corrected chi connectivity index (χ0v) is 14.1. The number of hydrogen-bond donors (Lipinski definition) is 2. The van der Waals surface area contributed by atoms with Crippen LogP contribution in [0.15, 0.2) is 18.2 Å². The van der Waals surface area contributed by atoms with E-state index in [2.05, 4.69) is 32.8 Å². The van der Waals surface area contributed by atoms with Crippen LogP contribution in [0, 0.1) is 5.41 Å². The number of nitrogens with one attached hydrogen (secondary N) is 2. The lowest BCUT2D eigenvalue weighted by Gasteiger charge is -2.57. The van der Waals surface area contributed by atoms with Gasteiger partial charge in [-0.1, -0.05) is 0 Å². The molecule has 3 amide bonds. The number of carbonyl (C=O) groups excluding carboxylic acids is 2. The van der Waals surface area contributed by atoms with Crippen LogP contribution in [0.25, 0.3) is 10.9 Å². The van der Waals surface area contributed by atoms with Gasteiger partial charge >= 0.3 is 6.03 Å². The Morgan fingerprint density at radius 3 is 2.68 bits per heavy atom. The maximum absolute atomic E-state index is 12.1. The second-order valence-corrected chi connectivity index (χ2v) is 7.36. The van der Waals surface area contributed by atoms with Crippen molar-refractivity contribution in [1.82, 2.24) is 20.4 Å². The van der Waals surface area contributed by atoms with E-state index in [-0.39, 0.29) is 5.91 Å². The SMILES string of the molecule is Cn1nc(N2CCC(=O)NC2=O)c2ccc(N3CC4(CNC4)C3)cc21. The van der Waals surface area contributed by atoms with Crippen LogP contribution < -0.4 is 20.4 Å². The second-order valence-electron chi connectivity index (χ2n) is 7.36. The fourth-order valence-electron chi connectivity index (χ4n) is 4.04. The fraction of sp³-hybridized carbons (Fsp3) is 0.471.